The van der Waals surface area contributed by atoms with Crippen LogP contribution in [0.1, 0.15) is 51.4 Å². The average molecular weight is 463 g/mol. The first-order valence-corrected chi connectivity index (χ1v) is 11.8. The molecular formula is C27H34N4O3. The summed E-state index contributed by atoms with van der Waals surface area (Å²) >= 11 is 0. The van der Waals surface area contributed by atoms with Gasteiger partial charge in [0.15, 0.2) is 11.5 Å². The first-order chi connectivity index (χ1) is 16.6. The van der Waals surface area contributed by atoms with Crippen molar-refractivity contribution in [1.82, 2.24) is 9.97 Å². The van der Waals surface area contributed by atoms with E-state index in [2.05, 4.69) is 27.2 Å². The molecule has 34 heavy (non-hydrogen) atoms. The number of allylic oxidation sites excluding steroid dienone is 1. The molecule has 2 N–H and O–H groups in total. The van der Waals surface area contributed by atoms with Crippen molar-refractivity contribution in [3.05, 3.63) is 55.4 Å². The lowest BCUT2D eigenvalue weighted by Crippen LogP contribution is -2.11. The van der Waals surface area contributed by atoms with E-state index in [4.69, 9.17) is 9.47 Å². The van der Waals surface area contributed by atoms with Crippen LogP contribution in [0.4, 0.5) is 17.2 Å². The van der Waals surface area contributed by atoms with Crippen molar-refractivity contribution < 1.29 is 14.3 Å². The van der Waals surface area contributed by atoms with Gasteiger partial charge in [0, 0.05) is 29.2 Å². The summed E-state index contributed by atoms with van der Waals surface area (Å²) in [7, 11) is 3.19. The van der Waals surface area contributed by atoms with E-state index in [1.807, 2.05) is 42.5 Å². The van der Waals surface area contributed by atoms with Gasteiger partial charge in [-0.2, -0.15) is 0 Å². The van der Waals surface area contributed by atoms with Gasteiger partial charge in [0.25, 0.3) is 0 Å². The van der Waals surface area contributed by atoms with Crippen LogP contribution in [-0.2, 0) is 4.79 Å². The number of ether oxygens (including phenoxy) is 2. The lowest BCUT2D eigenvalue weighted by Gasteiger charge is -2.12. The summed E-state index contributed by atoms with van der Waals surface area (Å²) in [5, 5.41) is 7.11. The van der Waals surface area contributed by atoms with E-state index >= 15 is 0 Å². The summed E-state index contributed by atoms with van der Waals surface area (Å²) in [6.07, 6.45) is 12.0. The molecule has 0 aliphatic carbocycles. The van der Waals surface area contributed by atoms with Gasteiger partial charge >= 0.3 is 0 Å². The van der Waals surface area contributed by atoms with Crippen molar-refractivity contribution in [2.24, 2.45) is 0 Å². The van der Waals surface area contributed by atoms with Gasteiger partial charge in [-0.1, -0.05) is 31.8 Å². The van der Waals surface area contributed by atoms with Crippen LogP contribution in [0.15, 0.2) is 55.4 Å². The van der Waals surface area contributed by atoms with Crippen LogP contribution in [0.25, 0.3) is 10.9 Å². The number of nitrogens with zero attached hydrogens (tertiary/aromatic N) is 2. The highest BCUT2D eigenvalue weighted by molar-refractivity contribution is 5.93. The SMILES string of the molecule is C=CCCCCCCCCC(=O)Nc1ccc(Nc2ncnc3cc(OC)c(OC)cc23)cc1. The van der Waals surface area contributed by atoms with Crippen molar-refractivity contribution >= 4 is 34.0 Å². The summed E-state index contributed by atoms with van der Waals surface area (Å²) < 4.78 is 10.8. The fourth-order valence-electron chi connectivity index (χ4n) is 3.76. The van der Waals surface area contributed by atoms with E-state index in [0.29, 0.717) is 23.7 Å². The third kappa shape index (κ3) is 7.20. The Labute approximate surface area is 201 Å². The fourth-order valence-corrected chi connectivity index (χ4v) is 3.76. The van der Waals surface area contributed by atoms with Gasteiger partial charge in [0.05, 0.1) is 19.7 Å². The second-order valence-corrected chi connectivity index (χ2v) is 8.15. The Balaban J connectivity index is 1.51. The zero-order chi connectivity index (χ0) is 24.2. The Kier molecular flexibility index (Phi) is 9.70. The maximum absolute atomic E-state index is 12.2. The largest absolute Gasteiger partial charge is 0.493 e. The van der Waals surface area contributed by atoms with Crippen LogP contribution in [0.5, 0.6) is 11.5 Å². The molecule has 2 aromatic carbocycles. The van der Waals surface area contributed by atoms with Gasteiger partial charge in [0.2, 0.25) is 5.91 Å². The Bertz CT molecular complexity index is 1080. The number of rotatable bonds is 14. The number of anilines is 3. The molecule has 1 aromatic heterocycles. The van der Waals surface area contributed by atoms with E-state index in [9.17, 15) is 4.79 Å². The van der Waals surface area contributed by atoms with Gasteiger partial charge < -0.3 is 20.1 Å². The summed E-state index contributed by atoms with van der Waals surface area (Å²) in [6.45, 7) is 3.75. The Hall–Kier alpha value is -3.61. The number of aromatic nitrogens is 2. The normalized spacial score (nSPS) is 10.6. The number of hydrogen-bond acceptors (Lipinski definition) is 6. The van der Waals surface area contributed by atoms with Gasteiger partial charge in [0.1, 0.15) is 12.1 Å². The number of fused-ring (bicyclic) bond motifs is 1. The van der Waals surface area contributed by atoms with Crippen LogP contribution < -0.4 is 20.1 Å². The second kappa shape index (κ2) is 13.2. The van der Waals surface area contributed by atoms with Crippen molar-refractivity contribution in [2.45, 2.75) is 51.4 Å². The predicted molar refractivity (Wildman–Crippen MR) is 138 cm³/mol. The highest BCUT2D eigenvalue weighted by Gasteiger charge is 2.11. The molecule has 0 fully saturated rings. The molecule has 0 saturated carbocycles. The lowest BCUT2D eigenvalue weighted by molar-refractivity contribution is -0.116. The first kappa shape index (κ1) is 25.0. The van der Waals surface area contributed by atoms with E-state index in [1.54, 1.807) is 14.2 Å². The molecular weight excluding hydrogens is 428 g/mol. The number of carbonyl (C=O) groups is 1. The summed E-state index contributed by atoms with van der Waals surface area (Å²) in [5.41, 5.74) is 2.37. The number of unbranched alkanes of at least 4 members (excludes halogenated alkanes) is 6. The molecule has 0 aliphatic rings. The molecule has 7 heteroatoms. The summed E-state index contributed by atoms with van der Waals surface area (Å²) in [5.74, 6) is 1.93. The zero-order valence-electron chi connectivity index (χ0n) is 20.1. The van der Waals surface area contributed by atoms with Crippen LogP contribution in [0, 0.1) is 0 Å². The molecule has 180 valence electrons. The minimum atomic E-state index is 0.0511. The zero-order valence-corrected chi connectivity index (χ0v) is 20.1. The Morgan fingerprint density at radius 1 is 0.912 bits per heavy atom. The van der Waals surface area contributed by atoms with Gasteiger partial charge in [-0.15, -0.1) is 6.58 Å². The van der Waals surface area contributed by atoms with E-state index in [-0.39, 0.29) is 5.91 Å². The lowest BCUT2D eigenvalue weighted by atomic mass is 10.1. The standard InChI is InChI=1S/C27H34N4O3/c1-4-5-6-7-8-9-10-11-12-26(32)30-20-13-15-21(16-14-20)31-27-22-17-24(33-2)25(34-3)18-23(22)28-19-29-27/h4,13-19H,1,5-12H2,2-3H3,(H,30,32)(H,28,29,31). The Morgan fingerprint density at radius 3 is 2.26 bits per heavy atom. The van der Waals surface area contributed by atoms with Crippen molar-refractivity contribution in [1.29, 1.82) is 0 Å². The first-order valence-electron chi connectivity index (χ1n) is 11.8. The highest BCUT2D eigenvalue weighted by atomic mass is 16.5. The third-order valence-electron chi connectivity index (χ3n) is 5.63. The number of benzene rings is 2. The number of amides is 1. The van der Waals surface area contributed by atoms with Crippen LogP contribution in [0.3, 0.4) is 0 Å². The molecule has 1 heterocycles. The summed E-state index contributed by atoms with van der Waals surface area (Å²) in [6, 6.07) is 11.3. The fraction of sp³-hybridized carbons (Fsp3) is 0.370. The van der Waals surface area contributed by atoms with Crippen LogP contribution in [-0.4, -0.2) is 30.1 Å². The van der Waals surface area contributed by atoms with Crippen molar-refractivity contribution in [3.63, 3.8) is 0 Å². The molecule has 0 radical (unpaired) electrons. The minimum absolute atomic E-state index is 0.0511. The van der Waals surface area contributed by atoms with Gasteiger partial charge in [-0.25, -0.2) is 9.97 Å². The monoisotopic (exact) mass is 462 g/mol. The predicted octanol–water partition coefficient (Wildman–Crippen LogP) is 6.64. The van der Waals surface area contributed by atoms with E-state index < -0.39 is 0 Å². The quantitative estimate of drug-likeness (QED) is 0.206. The molecule has 0 spiro atoms. The topological polar surface area (TPSA) is 85.4 Å². The Morgan fingerprint density at radius 2 is 1.56 bits per heavy atom. The number of methoxy groups -OCH3 is 2. The number of carbonyl (C=O) groups excluding carboxylic acids is 1. The van der Waals surface area contributed by atoms with Crippen LogP contribution >= 0.6 is 0 Å². The molecule has 0 atom stereocenters. The number of hydrogen-bond donors (Lipinski definition) is 2. The smallest absolute Gasteiger partial charge is 0.224 e. The van der Waals surface area contributed by atoms with E-state index in [1.165, 1.54) is 32.0 Å². The maximum Gasteiger partial charge on any atom is 0.224 e. The average Bonchev–Trinajstić information content (AvgIpc) is 2.86. The summed E-state index contributed by atoms with van der Waals surface area (Å²) in [4.78, 5) is 21.0. The second-order valence-electron chi connectivity index (χ2n) is 8.15. The van der Waals surface area contributed by atoms with Gasteiger partial charge in [-0.05, 0) is 49.6 Å². The van der Waals surface area contributed by atoms with Gasteiger partial charge in [-0.3, -0.25) is 4.79 Å². The number of nitrogens with one attached hydrogen (secondary N) is 2. The molecule has 0 saturated heterocycles. The molecule has 3 aromatic rings. The molecule has 0 aliphatic heterocycles. The minimum Gasteiger partial charge on any atom is -0.493 e. The third-order valence-corrected chi connectivity index (χ3v) is 5.63. The van der Waals surface area contributed by atoms with Crippen molar-refractivity contribution in [2.75, 3.05) is 24.9 Å². The maximum atomic E-state index is 12.2. The van der Waals surface area contributed by atoms with E-state index in [0.717, 1.165) is 41.5 Å². The molecule has 0 unspecified atom stereocenters. The molecule has 3 rings (SSSR count). The molecule has 7 nitrogen and oxygen atoms in total. The van der Waals surface area contributed by atoms with Crippen molar-refractivity contribution in [3.8, 4) is 11.5 Å². The molecule has 1 amide bonds. The molecule has 0 bridgehead atoms. The highest BCUT2D eigenvalue weighted by Crippen LogP contribution is 2.34. The van der Waals surface area contributed by atoms with Crippen LogP contribution in [0.2, 0.25) is 0 Å².